The normalized spacial score (nSPS) is 17.7. The number of hydrogen-bond acceptors (Lipinski definition) is 6. The number of guanidine groups is 1. The summed E-state index contributed by atoms with van der Waals surface area (Å²) in [4.78, 5) is 43.5. The number of primary amides is 1. The van der Waals surface area contributed by atoms with Crippen LogP contribution in [0.3, 0.4) is 0 Å². The third-order valence-electron chi connectivity index (χ3n) is 6.78. The van der Waals surface area contributed by atoms with Gasteiger partial charge in [-0.2, -0.15) is 13.9 Å². The molecular weight excluding hydrogens is 593 g/mol. The molecule has 0 aliphatic carbocycles. The number of nitrogens with one attached hydrogen (secondary N) is 1. The van der Waals surface area contributed by atoms with Gasteiger partial charge in [0.2, 0.25) is 11.9 Å². The van der Waals surface area contributed by atoms with Gasteiger partial charge in [0.25, 0.3) is 5.91 Å². The van der Waals surface area contributed by atoms with E-state index >= 15 is 4.39 Å². The van der Waals surface area contributed by atoms with Crippen molar-refractivity contribution < 1.29 is 37.8 Å². The lowest BCUT2D eigenvalue weighted by molar-refractivity contribution is -0.135. The van der Waals surface area contributed by atoms with Crippen molar-refractivity contribution in [1.82, 2.24) is 20.0 Å². The summed E-state index contributed by atoms with van der Waals surface area (Å²) in [6.45, 7) is 1.67. The second kappa shape index (κ2) is 11.7. The average Bonchev–Trinajstić information content (AvgIpc) is 3.49. The second-order valence-electron chi connectivity index (χ2n) is 11.1. The molecule has 0 fully saturated rings. The number of alkyl halides is 2. The summed E-state index contributed by atoms with van der Waals surface area (Å²) in [6.07, 6.45) is 0.489. The zero-order chi connectivity index (χ0) is 31.9. The van der Waals surface area contributed by atoms with E-state index in [9.17, 15) is 33.4 Å². The number of aliphatic imine (C=N–C) groups is 1. The smallest absolute Gasteiger partial charge is 0.411 e. The highest BCUT2D eigenvalue weighted by Gasteiger charge is 2.55. The average molecular weight is 621 g/mol. The van der Waals surface area contributed by atoms with E-state index in [0.29, 0.717) is 4.68 Å². The summed E-state index contributed by atoms with van der Waals surface area (Å²) in [5.74, 6) is -3.14. The van der Waals surface area contributed by atoms with Gasteiger partial charge >= 0.3 is 12.6 Å². The van der Waals surface area contributed by atoms with Gasteiger partial charge in [-0.1, -0.05) is 50.6 Å². The third-order valence-corrected chi connectivity index (χ3v) is 7.11. The highest BCUT2D eigenvalue weighted by Crippen LogP contribution is 2.46. The highest BCUT2D eigenvalue weighted by atomic mass is 35.5. The molecular formula is C28H28ClF3N6O5. The van der Waals surface area contributed by atoms with E-state index in [4.69, 9.17) is 17.3 Å². The zero-order valence-corrected chi connectivity index (χ0v) is 23.9. The van der Waals surface area contributed by atoms with Gasteiger partial charge in [-0.15, -0.1) is 0 Å². The Hall–Kier alpha value is -4.43. The van der Waals surface area contributed by atoms with Crippen molar-refractivity contribution in [1.29, 1.82) is 0 Å². The van der Waals surface area contributed by atoms with Gasteiger partial charge in [-0.05, 0) is 41.2 Å². The number of carboxylic acid groups (broad SMARTS) is 1. The lowest BCUT2D eigenvalue weighted by Crippen LogP contribution is -2.49. The van der Waals surface area contributed by atoms with Gasteiger partial charge in [0.15, 0.2) is 5.54 Å². The quantitative estimate of drug-likeness (QED) is 0.286. The van der Waals surface area contributed by atoms with Gasteiger partial charge in [0, 0.05) is 17.3 Å². The molecule has 228 valence electrons. The number of hydrogen-bond donors (Lipinski definition) is 4. The van der Waals surface area contributed by atoms with Crippen LogP contribution in [0.4, 0.5) is 18.0 Å². The lowest BCUT2D eigenvalue weighted by atomic mass is 9.75. The number of nitrogens with two attached hydrogens (primary N) is 1. The van der Waals surface area contributed by atoms with Gasteiger partial charge in [-0.3, -0.25) is 19.8 Å². The predicted molar refractivity (Wildman–Crippen MR) is 150 cm³/mol. The number of aliphatic hydroxyl groups excluding tert-OH is 1. The van der Waals surface area contributed by atoms with E-state index in [0.717, 1.165) is 23.4 Å². The fourth-order valence-corrected chi connectivity index (χ4v) is 5.31. The van der Waals surface area contributed by atoms with Crippen molar-refractivity contribution >= 4 is 35.5 Å². The number of rotatable bonds is 8. The van der Waals surface area contributed by atoms with Gasteiger partial charge in [-0.25, -0.2) is 18.9 Å². The molecule has 3 aromatic rings. The number of carbonyl (C=O) groups excluding carboxylic acids is 2. The minimum absolute atomic E-state index is 0.0153. The molecule has 0 spiro atoms. The molecule has 1 unspecified atom stereocenters. The number of aliphatic hydroxyl groups is 1. The van der Waals surface area contributed by atoms with E-state index in [1.165, 1.54) is 30.3 Å². The molecule has 1 aromatic heterocycles. The number of halogens is 4. The van der Waals surface area contributed by atoms with E-state index < -0.39 is 59.8 Å². The van der Waals surface area contributed by atoms with Crippen LogP contribution in [0.2, 0.25) is 5.02 Å². The molecule has 0 saturated carbocycles. The second-order valence-corrected chi connectivity index (χ2v) is 11.5. The Bertz CT molecular complexity index is 1620. The summed E-state index contributed by atoms with van der Waals surface area (Å²) in [5.41, 5.74) is 2.96. The predicted octanol–water partition coefficient (Wildman–Crippen LogP) is 4.67. The molecule has 3 amide bonds. The third kappa shape index (κ3) is 6.20. The first kappa shape index (κ1) is 31.5. The molecule has 0 radical (unpaired) electrons. The summed E-state index contributed by atoms with van der Waals surface area (Å²) >= 11 is 6.07. The highest BCUT2D eigenvalue weighted by molar-refractivity contribution is 6.33. The van der Waals surface area contributed by atoms with Crippen LogP contribution in [-0.2, 0) is 10.3 Å². The molecule has 0 bridgehead atoms. The first-order valence-corrected chi connectivity index (χ1v) is 13.2. The number of aromatic nitrogens is 2. The fourth-order valence-electron chi connectivity index (χ4n) is 5.10. The van der Waals surface area contributed by atoms with Crippen molar-refractivity contribution in [3.63, 3.8) is 0 Å². The number of carbonyl (C=O) groups is 3. The van der Waals surface area contributed by atoms with Crippen LogP contribution in [0, 0.1) is 11.2 Å². The molecule has 1 aliphatic rings. The standard InChI is InChI=1S/C28H28ClF3N6O5/c1-27(2,3)13-28(18-6-4-14(9-20(18)30)16-10-34-37(11-16)24(31)32)23(41)38(25(36-28)35-26(42)43)21(12-39)15-5-7-19(29)17(8-15)22(33)40/h4-11,21,24,39H,12-13H2,1-3H3,(H2,33,40)(H,35,36)(H,42,43)/t21-,28?/m1/s1. The Morgan fingerprint density at radius 1 is 1.16 bits per heavy atom. The molecule has 1 aliphatic heterocycles. The van der Waals surface area contributed by atoms with Crippen LogP contribution in [0.15, 0.2) is 53.8 Å². The van der Waals surface area contributed by atoms with E-state index in [2.05, 4.69) is 15.4 Å². The molecule has 43 heavy (non-hydrogen) atoms. The monoisotopic (exact) mass is 620 g/mol. The fraction of sp³-hybridized carbons (Fsp3) is 0.321. The number of benzene rings is 2. The SMILES string of the molecule is CC(C)(C)CC1(c2ccc(-c3cnn(C(F)F)c3)cc2F)N=C(NC(=O)O)N([C@H](CO)c2ccc(Cl)c(C(N)=O)c2)C1=O. The Kier molecular flexibility index (Phi) is 8.56. The van der Waals surface area contributed by atoms with Crippen molar-refractivity contribution in [2.75, 3.05) is 6.61 Å². The van der Waals surface area contributed by atoms with E-state index in [1.807, 2.05) is 0 Å². The zero-order valence-electron chi connectivity index (χ0n) is 23.2. The molecule has 15 heteroatoms. The Morgan fingerprint density at radius 3 is 2.40 bits per heavy atom. The maximum Gasteiger partial charge on any atom is 0.411 e. The summed E-state index contributed by atoms with van der Waals surface area (Å²) in [5, 5.41) is 25.7. The molecule has 0 saturated heterocycles. The Morgan fingerprint density at radius 2 is 1.86 bits per heavy atom. The van der Waals surface area contributed by atoms with Crippen LogP contribution in [0.25, 0.3) is 11.1 Å². The Labute approximate surface area is 248 Å². The maximum absolute atomic E-state index is 16.0. The molecule has 4 rings (SSSR count). The number of nitrogens with zero attached hydrogens (tertiary/aromatic N) is 4. The summed E-state index contributed by atoms with van der Waals surface area (Å²) in [7, 11) is 0. The van der Waals surface area contributed by atoms with E-state index in [-0.39, 0.29) is 39.3 Å². The van der Waals surface area contributed by atoms with Gasteiger partial charge in [0.05, 0.1) is 29.4 Å². The molecule has 2 aromatic carbocycles. The van der Waals surface area contributed by atoms with Crippen molar-refractivity contribution in [2.45, 2.75) is 45.3 Å². The van der Waals surface area contributed by atoms with Crippen LogP contribution in [0.1, 0.15) is 61.3 Å². The summed E-state index contributed by atoms with van der Waals surface area (Å²) < 4.78 is 42.5. The first-order valence-electron chi connectivity index (χ1n) is 12.8. The van der Waals surface area contributed by atoms with Crippen LogP contribution >= 0.6 is 11.6 Å². The topological polar surface area (TPSA) is 163 Å². The van der Waals surface area contributed by atoms with Crippen LogP contribution in [-0.4, -0.2) is 55.4 Å². The Balaban J connectivity index is 1.89. The summed E-state index contributed by atoms with van der Waals surface area (Å²) in [6, 6.07) is 6.45. The molecule has 11 nitrogen and oxygen atoms in total. The van der Waals surface area contributed by atoms with Crippen molar-refractivity contribution in [3.8, 4) is 11.1 Å². The van der Waals surface area contributed by atoms with Crippen molar-refractivity contribution in [2.24, 2.45) is 16.1 Å². The number of amides is 3. The van der Waals surface area contributed by atoms with E-state index in [1.54, 1.807) is 20.8 Å². The van der Waals surface area contributed by atoms with Crippen LogP contribution < -0.4 is 11.1 Å². The largest absolute Gasteiger partial charge is 0.465 e. The van der Waals surface area contributed by atoms with Gasteiger partial charge in [0.1, 0.15) is 5.82 Å². The molecule has 2 atom stereocenters. The van der Waals surface area contributed by atoms with Gasteiger partial charge < -0.3 is 15.9 Å². The molecule has 5 N–H and O–H groups in total. The van der Waals surface area contributed by atoms with Crippen molar-refractivity contribution in [3.05, 3.63) is 76.3 Å². The lowest BCUT2D eigenvalue weighted by Gasteiger charge is -2.34. The molecule has 2 heterocycles. The first-order chi connectivity index (χ1) is 20.1. The van der Waals surface area contributed by atoms with Crippen LogP contribution in [0.5, 0.6) is 0 Å². The minimum atomic E-state index is -2.90. The minimum Gasteiger partial charge on any atom is -0.465 e. The maximum atomic E-state index is 16.0.